The van der Waals surface area contributed by atoms with Crippen molar-refractivity contribution in [3.63, 3.8) is 0 Å². The van der Waals surface area contributed by atoms with Crippen LogP contribution in [0.5, 0.6) is 0 Å². The molecule has 0 fully saturated rings. The molecule has 0 radical (unpaired) electrons. The number of carbonyl (C=O) groups is 1. The minimum absolute atomic E-state index is 0.0106. The number of hydrogen-bond donors (Lipinski definition) is 2. The largest absolute Gasteiger partial charge is 0.373 e. The van der Waals surface area contributed by atoms with Crippen molar-refractivity contribution in [1.29, 1.82) is 0 Å². The van der Waals surface area contributed by atoms with Gasteiger partial charge in [0.25, 0.3) is 0 Å². The second-order valence-corrected chi connectivity index (χ2v) is 4.93. The molecule has 0 spiro atoms. The third kappa shape index (κ3) is 2.61. The number of fused-ring (bicyclic) bond motifs is 1. The van der Waals surface area contributed by atoms with E-state index in [0.717, 1.165) is 23.5 Å². The maximum absolute atomic E-state index is 12.1. The number of para-hydroxylation sites is 1. The van der Waals surface area contributed by atoms with Crippen molar-refractivity contribution < 1.29 is 4.79 Å². The number of rotatable bonds is 3. The first-order valence-corrected chi connectivity index (χ1v) is 6.62. The molecule has 3 rings (SSSR count). The number of benzene rings is 1. The average Bonchev–Trinajstić information content (AvgIpc) is 2.90. The van der Waals surface area contributed by atoms with E-state index in [0.29, 0.717) is 6.54 Å². The number of aryl methyl sites for hydroxylation is 1. The lowest BCUT2D eigenvalue weighted by atomic mass is 10.1. The smallest absolute Gasteiger partial charge is 0.243 e. The van der Waals surface area contributed by atoms with Gasteiger partial charge in [0.1, 0.15) is 6.04 Å². The Balaban J connectivity index is 1.57. The van der Waals surface area contributed by atoms with Gasteiger partial charge in [-0.1, -0.05) is 18.2 Å². The van der Waals surface area contributed by atoms with Gasteiger partial charge in [0.2, 0.25) is 5.91 Å². The predicted molar refractivity (Wildman–Crippen MR) is 76.2 cm³/mol. The fraction of sp³-hybridized carbons (Fsp3) is 0.267. The molecule has 5 heteroatoms. The third-order valence-electron chi connectivity index (χ3n) is 3.37. The zero-order chi connectivity index (χ0) is 13.9. The monoisotopic (exact) mass is 268 g/mol. The maximum Gasteiger partial charge on any atom is 0.243 e. The zero-order valence-electron chi connectivity index (χ0n) is 11.3. The minimum Gasteiger partial charge on any atom is -0.373 e. The average molecular weight is 268 g/mol. The summed E-state index contributed by atoms with van der Waals surface area (Å²) in [6.45, 7) is 2.29. The highest BCUT2D eigenvalue weighted by molar-refractivity contribution is 5.87. The van der Waals surface area contributed by atoms with E-state index in [-0.39, 0.29) is 11.9 Å². The van der Waals surface area contributed by atoms with Crippen LogP contribution in [0.1, 0.15) is 17.0 Å². The normalized spacial score (nSPS) is 16.4. The minimum atomic E-state index is -0.203. The lowest BCUT2D eigenvalue weighted by molar-refractivity contribution is -0.121. The van der Waals surface area contributed by atoms with E-state index in [9.17, 15) is 4.79 Å². The highest BCUT2D eigenvalue weighted by atomic mass is 16.2. The number of nitrogens with zero attached hydrogens (tertiary/aromatic N) is 2. The summed E-state index contributed by atoms with van der Waals surface area (Å²) in [5, 5.41) is 6.12. The van der Waals surface area contributed by atoms with Crippen molar-refractivity contribution in [3.05, 3.63) is 53.6 Å². The number of hydrogen-bond acceptors (Lipinski definition) is 4. The van der Waals surface area contributed by atoms with Crippen molar-refractivity contribution in [1.82, 2.24) is 15.3 Å². The Hall–Kier alpha value is -2.43. The predicted octanol–water partition coefficient (Wildman–Crippen LogP) is 1.44. The molecule has 1 amide bonds. The van der Waals surface area contributed by atoms with E-state index in [2.05, 4.69) is 20.6 Å². The van der Waals surface area contributed by atoms with Gasteiger partial charge in [-0.2, -0.15) is 0 Å². The quantitative estimate of drug-likeness (QED) is 0.884. The van der Waals surface area contributed by atoms with Crippen molar-refractivity contribution in [3.8, 4) is 0 Å². The first-order chi connectivity index (χ1) is 9.72. The molecule has 2 aromatic rings. The van der Waals surface area contributed by atoms with E-state index in [1.165, 1.54) is 5.56 Å². The van der Waals surface area contributed by atoms with Crippen LogP contribution in [0.2, 0.25) is 0 Å². The van der Waals surface area contributed by atoms with E-state index in [1.807, 2.05) is 31.2 Å². The van der Waals surface area contributed by atoms with Crippen LogP contribution in [0.4, 0.5) is 5.69 Å². The number of anilines is 1. The van der Waals surface area contributed by atoms with Gasteiger partial charge in [-0.3, -0.25) is 14.8 Å². The third-order valence-corrected chi connectivity index (χ3v) is 3.37. The molecule has 2 heterocycles. The van der Waals surface area contributed by atoms with Gasteiger partial charge < -0.3 is 10.6 Å². The zero-order valence-corrected chi connectivity index (χ0v) is 11.3. The van der Waals surface area contributed by atoms with E-state index in [4.69, 9.17) is 0 Å². The van der Waals surface area contributed by atoms with Crippen LogP contribution in [-0.2, 0) is 17.8 Å². The fourth-order valence-corrected chi connectivity index (χ4v) is 2.27. The molecule has 5 nitrogen and oxygen atoms in total. The summed E-state index contributed by atoms with van der Waals surface area (Å²) in [5.74, 6) is -0.0106. The highest BCUT2D eigenvalue weighted by Gasteiger charge is 2.25. The lowest BCUT2D eigenvalue weighted by Gasteiger charge is -2.11. The van der Waals surface area contributed by atoms with Crippen LogP contribution in [0, 0.1) is 6.92 Å². The Bertz CT molecular complexity index is 599. The maximum atomic E-state index is 12.1. The molecule has 2 N–H and O–H groups in total. The SMILES string of the molecule is Cc1cnc(CNC(=O)C2Cc3ccccc3N2)cn1. The Morgan fingerprint density at radius 1 is 1.35 bits per heavy atom. The summed E-state index contributed by atoms with van der Waals surface area (Å²) in [7, 11) is 0. The summed E-state index contributed by atoms with van der Waals surface area (Å²) < 4.78 is 0. The van der Waals surface area contributed by atoms with E-state index in [1.54, 1.807) is 12.4 Å². The van der Waals surface area contributed by atoms with Crippen LogP contribution >= 0.6 is 0 Å². The Morgan fingerprint density at radius 3 is 2.95 bits per heavy atom. The molecular weight excluding hydrogens is 252 g/mol. The second kappa shape index (κ2) is 5.28. The summed E-state index contributed by atoms with van der Waals surface area (Å²) >= 11 is 0. The number of amides is 1. The number of carbonyl (C=O) groups excluding carboxylic acids is 1. The summed E-state index contributed by atoms with van der Waals surface area (Å²) in [6.07, 6.45) is 4.11. The first-order valence-electron chi connectivity index (χ1n) is 6.62. The molecule has 1 aliphatic rings. The summed E-state index contributed by atoms with van der Waals surface area (Å²) in [5.41, 5.74) is 3.86. The topological polar surface area (TPSA) is 66.9 Å². The molecule has 1 atom stereocenters. The summed E-state index contributed by atoms with van der Waals surface area (Å²) in [4.78, 5) is 20.5. The Morgan fingerprint density at radius 2 is 2.20 bits per heavy atom. The lowest BCUT2D eigenvalue weighted by Crippen LogP contribution is -2.38. The molecule has 1 unspecified atom stereocenters. The molecule has 0 aliphatic carbocycles. The van der Waals surface area contributed by atoms with Crippen molar-refractivity contribution in [2.24, 2.45) is 0 Å². The second-order valence-electron chi connectivity index (χ2n) is 4.93. The van der Waals surface area contributed by atoms with Gasteiger partial charge in [0.15, 0.2) is 0 Å². The van der Waals surface area contributed by atoms with Crippen molar-refractivity contribution in [2.75, 3.05) is 5.32 Å². The van der Waals surface area contributed by atoms with E-state index < -0.39 is 0 Å². The number of nitrogens with one attached hydrogen (secondary N) is 2. The summed E-state index contributed by atoms with van der Waals surface area (Å²) in [6, 6.07) is 7.79. The molecule has 1 aromatic carbocycles. The Kier molecular flexibility index (Phi) is 3.33. The molecule has 0 bridgehead atoms. The fourth-order valence-electron chi connectivity index (χ4n) is 2.27. The molecular formula is C15H16N4O. The molecule has 0 saturated heterocycles. The van der Waals surface area contributed by atoms with Gasteiger partial charge in [-0.05, 0) is 18.6 Å². The Labute approximate surface area is 117 Å². The molecule has 0 saturated carbocycles. The van der Waals surface area contributed by atoms with Gasteiger partial charge in [-0.25, -0.2) is 0 Å². The van der Waals surface area contributed by atoms with Crippen LogP contribution < -0.4 is 10.6 Å². The van der Waals surface area contributed by atoms with Crippen LogP contribution in [0.25, 0.3) is 0 Å². The van der Waals surface area contributed by atoms with Crippen LogP contribution in [-0.4, -0.2) is 21.9 Å². The van der Waals surface area contributed by atoms with Crippen LogP contribution in [0.3, 0.4) is 0 Å². The van der Waals surface area contributed by atoms with Gasteiger partial charge in [0.05, 0.1) is 24.1 Å². The first kappa shape index (κ1) is 12.6. The van der Waals surface area contributed by atoms with Gasteiger partial charge >= 0.3 is 0 Å². The van der Waals surface area contributed by atoms with Crippen molar-refractivity contribution >= 4 is 11.6 Å². The van der Waals surface area contributed by atoms with Gasteiger partial charge in [0, 0.05) is 18.3 Å². The molecule has 20 heavy (non-hydrogen) atoms. The van der Waals surface area contributed by atoms with Crippen LogP contribution in [0.15, 0.2) is 36.7 Å². The van der Waals surface area contributed by atoms with Gasteiger partial charge in [-0.15, -0.1) is 0 Å². The molecule has 102 valence electrons. The molecule has 1 aliphatic heterocycles. The highest BCUT2D eigenvalue weighted by Crippen LogP contribution is 2.25. The number of aromatic nitrogens is 2. The van der Waals surface area contributed by atoms with Crippen molar-refractivity contribution in [2.45, 2.75) is 25.9 Å². The standard InChI is InChI=1S/C15H16N4O/c1-10-7-17-12(8-16-10)9-18-15(20)14-6-11-4-2-3-5-13(11)19-14/h2-5,7-8,14,19H,6,9H2,1H3,(H,18,20). The molecule has 1 aromatic heterocycles. The van der Waals surface area contributed by atoms with E-state index >= 15 is 0 Å².